The van der Waals surface area contributed by atoms with E-state index in [-0.39, 0.29) is 51.2 Å². The lowest BCUT2D eigenvalue weighted by Gasteiger charge is -2.31. The molecule has 1 amide bonds. The quantitative estimate of drug-likeness (QED) is 0.0239. The molecule has 0 aliphatic carbocycles. The van der Waals surface area contributed by atoms with Crippen LogP contribution in [0, 0.1) is 5.92 Å². The number of nitrogens with zero attached hydrogens (tertiary/aromatic N) is 11. The monoisotopic (exact) mass is 1210 g/mol. The number of ether oxygens (including phenoxy) is 4. The lowest BCUT2D eigenvalue weighted by atomic mass is 9.94. The van der Waals surface area contributed by atoms with Crippen LogP contribution in [0.3, 0.4) is 0 Å². The first-order valence-corrected chi connectivity index (χ1v) is 29.7. The van der Waals surface area contributed by atoms with Gasteiger partial charge in [0.2, 0.25) is 23.6 Å². The topological polar surface area (TPSA) is 556 Å². The molecule has 14 N–H and O–H groups in total. The van der Waals surface area contributed by atoms with Gasteiger partial charge in [-0.05, 0) is 0 Å². The van der Waals surface area contributed by atoms with Gasteiger partial charge in [0.25, 0.3) is 24.9 Å². The number of phosphoric acid groups is 2. The number of aromatic nitrogens is 12. The van der Waals surface area contributed by atoms with E-state index < -0.39 is 153 Å². The van der Waals surface area contributed by atoms with Gasteiger partial charge in [-0.2, -0.15) is 4.98 Å². The minimum absolute atomic E-state index is 0.00517. The lowest BCUT2D eigenvalue weighted by molar-refractivity contribution is -0.745. The summed E-state index contributed by atoms with van der Waals surface area (Å²) in [6, 6.07) is 0. The number of fused-ring (bicyclic) bond motifs is 3. The molecule has 3 aliphatic heterocycles. The highest BCUT2D eigenvalue weighted by atomic mass is 31.3. The van der Waals surface area contributed by atoms with Crippen LogP contribution in [0.1, 0.15) is 25.1 Å². The third kappa shape index (κ3) is 12.0. The number of amides is 1. The number of hydrogen-bond donors (Lipinski definition) is 11. The van der Waals surface area contributed by atoms with Crippen molar-refractivity contribution in [3.8, 4) is 0 Å². The number of aryl methyl sites for hydroxylation is 1. The number of nitrogens with two attached hydrogens (primary N) is 3. The average Bonchev–Trinajstić information content (AvgIpc) is 4.23. The summed E-state index contributed by atoms with van der Waals surface area (Å²) in [6.07, 6.45) is -13.8. The van der Waals surface area contributed by atoms with E-state index in [1.54, 1.807) is 0 Å². The van der Waals surface area contributed by atoms with Crippen LogP contribution in [0.5, 0.6) is 0 Å². The van der Waals surface area contributed by atoms with E-state index in [0.29, 0.717) is 0 Å². The summed E-state index contributed by atoms with van der Waals surface area (Å²) < 4.78 is 107. The molecule has 0 bridgehead atoms. The van der Waals surface area contributed by atoms with Crippen LogP contribution in [0.2, 0.25) is 0 Å². The molecule has 3 saturated heterocycles. The van der Waals surface area contributed by atoms with E-state index in [0.717, 1.165) is 30.7 Å². The number of hydrogen-bond acceptors (Lipinski definition) is 29. The number of imidazole rings is 3. The van der Waals surface area contributed by atoms with Crippen LogP contribution in [0.15, 0.2) is 34.9 Å². The number of carbonyl (C=O) groups is 1. The Morgan fingerprint density at radius 3 is 2.12 bits per heavy atom. The van der Waals surface area contributed by atoms with Gasteiger partial charge >= 0.3 is 28.7 Å². The number of rotatable bonds is 21. The Kier molecular flexibility index (Phi) is 16.4. The molecule has 16 atom stereocenters. The van der Waals surface area contributed by atoms with Gasteiger partial charge in [0.1, 0.15) is 54.6 Å². The Morgan fingerprint density at radius 2 is 1.43 bits per heavy atom. The summed E-state index contributed by atoms with van der Waals surface area (Å²) in [5, 5.41) is 33.3. The summed E-state index contributed by atoms with van der Waals surface area (Å²) in [6.45, 7) is -3.22. The van der Waals surface area contributed by atoms with Crippen molar-refractivity contribution >= 4 is 88.0 Å². The molecule has 0 spiro atoms. The number of aliphatic hydroxyl groups excluding tert-OH is 3. The highest BCUT2D eigenvalue weighted by Crippen LogP contribution is 2.66. The molecule has 438 valence electrons. The highest BCUT2D eigenvalue weighted by Gasteiger charge is 2.53. The molecule has 3 fully saturated rings. The Balaban J connectivity index is 0.879. The van der Waals surface area contributed by atoms with E-state index in [1.807, 2.05) is 0 Å². The Morgan fingerprint density at radius 1 is 0.787 bits per heavy atom. The van der Waals surface area contributed by atoms with Gasteiger partial charge in [-0.3, -0.25) is 56.3 Å². The first kappa shape index (κ1) is 59.0. The molecular weight excluding hydrogens is 1160 g/mol. The Labute approximate surface area is 446 Å². The number of carbonyl (C=O) groups excluding carboxylic acids is 1. The zero-order valence-corrected chi connectivity index (χ0v) is 45.4. The van der Waals surface area contributed by atoms with Gasteiger partial charge in [0, 0.05) is 33.5 Å². The fraction of sp³-hybridized carbons (Fsp3) is 0.568. The maximum atomic E-state index is 13.6. The molecule has 39 nitrogen and oxygen atoms in total. The van der Waals surface area contributed by atoms with Crippen LogP contribution in [0.4, 0.5) is 17.7 Å². The molecule has 9 rings (SSSR count). The number of nitrogens with one attached hydrogen (secondary N) is 2. The summed E-state index contributed by atoms with van der Waals surface area (Å²) in [5.41, 5.74) is 15.6. The molecule has 0 aromatic carbocycles. The Bertz CT molecular complexity index is 3650. The molecule has 3 aliphatic rings. The highest BCUT2D eigenvalue weighted by molar-refractivity contribution is 7.74. The van der Waals surface area contributed by atoms with E-state index in [9.17, 15) is 67.5 Å². The Hall–Kier alpha value is -5.60. The van der Waals surface area contributed by atoms with E-state index in [4.69, 9.17) is 54.2 Å². The fourth-order valence-electron chi connectivity index (χ4n) is 9.18. The number of H-pyrrole nitrogens is 2. The van der Waals surface area contributed by atoms with Gasteiger partial charge in [-0.15, -0.1) is 0 Å². The van der Waals surface area contributed by atoms with Crippen molar-refractivity contribution in [2.45, 2.75) is 73.9 Å². The zero-order valence-electron chi connectivity index (χ0n) is 41.8. The second kappa shape index (κ2) is 22.3. The maximum Gasteiger partial charge on any atom is 0.479 e. The van der Waals surface area contributed by atoms with E-state index in [2.05, 4.69) is 44.2 Å². The molecule has 43 heteroatoms. The van der Waals surface area contributed by atoms with Gasteiger partial charge in [0.05, 0.1) is 45.6 Å². The number of aliphatic hydroxyl groups is 3. The standard InChI is InChI=1S/C37H52N16O23P4/c1-49(2)18(54)5-14-15(72-33(22(14)55)53-12-50(3)21-30(53)46-37(40)48-32(21)59)6-69-77(60,61)13-78(62,63)76-80(66,67)71-8-17-25(26(68-4)35(74-17)51-10-43-19-27(38)41-9-42-28(19)51)75-79(64,65)70-7-16-23(56)24(57)34(73-16)52-11-44-20-29(52)45-36(39)47-31(20)58/h9-12,14-17,22-26,33-35,55-57H,5-8,13H2,1-4H3,(H11-,38,39,40,41,42,45,46,47,48,58,59,60,61,62,63,64,65,66,67)/t14-,15-,16-,17-,22-,23-,24-,25-,26-,33-,34-,35-/m1/s1. The number of nitrogen functional groups attached to an aromatic ring is 3. The summed E-state index contributed by atoms with van der Waals surface area (Å²) >= 11 is 0. The first-order valence-electron chi connectivity index (χ1n) is 23.2. The van der Waals surface area contributed by atoms with Crippen molar-refractivity contribution in [2.24, 2.45) is 13.0 Å². The first-order chi connectivity index (χ1) is 37.5. The van der Waals surface area contributed by atoms with E-state index in [1.165, 1.54) is 46.1 Å². The van der Waals surface area contributed by atoms with Gasteiger partial charge in [0.15, 0.2) is 47.3 Å². The molecule has 9 heterocycles. The molecule has 4 unspecified atom stereocenters. The van der Waals surface area contributed by atoms with Gasteiger partial charge in [-0.25, -0.2) is 33.4 Å². The van der Waals surface area contributed by atoms with Crippen LogP contribution in [-0.2, 0) is 71.5 Å². The number of phosphoric ester groups is 2. The molecular formula is C37H52N16O23P4. The molecule has 6 aromatic heterocycles. The van der Waals surface area contributed by atoms with Crippen molar-refractivity contribution in [1.82, 2.24) is 58.5 Å². The smallest absolute Gasteiger partial charge is 0.479 e. The van der Waals surface area contributed by atoms with E-state index >= 15 is 0 Å². The van der Waals surface area contributed by atoms with Crippen LogP contribution in [-0.4, -0.2) is 190 Å². The number of anilines is 3. The third-order valence-corrected chi connectivity index (χ3v) is 19.6. The number of aromatic amines is 2. The molecule has 6 aromatic rings. The maximum absolute atomic E-state index is 13.6. The second-order valence-electron chi connectivity index (χ2n) is 18.5. The number of methoxy groups -OCH3 is 1. The van der Waals surface area contributed by atoms with Crippen LogP contribution in [0.25, 0.3) is 33.5 Å². The van der Waals surface area contributed by atoms with Crippen LogP contribution < -0.4 is 37.8 Å². The average molecular weight is 1210 g/mol. The van der Waals surface area contributed by atoms with Crippen molar-refractivity contribution in [2.75, 3.05) is 64.1 Å². The minimum Gasteiger partial charge on any atom is -0.756 e. The normalized spacial score (nSPS) is 29.2. The van der Waals surface area contributed by atoms with Crippen molar-refractivity contribution in [1.29, 1.82) is 0 Å². The predicted molar refractivity (Wildman–Crippen MR) is 261 cm³/mol. The zero-order chi connectivity index (χ0) is 58.1. The van der Waals surface area contributed by atoms with Gasteiger partial charge < -0.3 is 89.5 Å². The molecule has 0 radical (unpaired) electrons. The summed E-state index contributed by atoms with van der Waals surface area (Å²) in [5.74, 6) is -4.28. The van der Waals surface area contributed by atoms with Crippen molar-refractivity contribution in [3.63, 3.8) is 0 Å². The summed E-state index contributed by atoms with van der Waals surface area (Å²) in [7, 11) is -17.3. The largest absolute Gasteiger partial charge is 0.756 e. The van der Waals surface area contributed by atoms with Crippen molar-refractivity contribution in [3.05, 3.63) is 46.0 Å². The molecule has 80 heavy (non-hydrogen) atoms. The predicted octanol–water partition coefficient (Wildman–Crippen LogP) is -4.50. The second-order valence-corrected chi connectivity index (χ2v) is 25.7. The van der Waals surface area contributed by atoms with Crippen molar-refractivity contribution < 1.29 is 104 Å². The fourth-order valence-corrected chi connectivity index (χ4v) is 15.1. The van der Waals surface area contributed by atoms with Gasteiger partial charge in [-0.1, -0.05) is 4.98 Å². The third-order valence-electron chi connectivity index (χ3n) is 12.9. The molecule has 0 saturated carbocycles. The van der Waals surface area contributed by atoms with Crippen LogP contribution >= 0.6 is 30.8 Å². The minimum atomic E-state index is -5.88. The SMILES string of the molecule is CO[C@@H]1[C@H](OP(=O)([O-])OC[C@H]2O[C@@H](n3cnc4c(=O)[nH]c(N)nc43)[C@H](O)[C@@H]2O)[C@@H](COP(=O)(O)OP(=O)(O)CP(=O)(O)OC[C@H]2O[C@@H]([n+]3cn(C)c4c(=O)[nH]c(N)nc43)[C@H](O)[C@@H]2CC(=O)N(C)C)O[C@H]1n1cnc2c(N)ncnc21. The lowest BCUT2D eigenvalue weighted by Crippen LogP contribution is -2.45. The summed E-state index contributed by atoms with van der Waals surface area (Å²) in [4.78, 5) is 114.